The number of rotatable bonds is 2. The zero-order valence-electron chi connectivity index (χ0n) is 6.67. The van der Waals surface area contributed by atoms with E-state index in [1.807, 2.05) is 0 Å². The Bertz CT molecular complexity index is 285. The molecule has 0 aliphatic heterocycles. The normalized spacial score (nSPS) is 11.7. The van der Waals surface area contributed by atoms with Gasteiger partial charge in [0.05, 0.1) is 17.8 Å². The first kappa shape index (κ1) is 9.91. The van der Waals surface area contributed by atoms with Gasteiger partial charge in [0.1, 0.15) is 6.33 Å². The van der Waals surface area contributed by atoms with Gasteiger partial charge in [-0.1, -0.05) is 0 Å². The minimum absolute atomic E-state index is 0.0528. The van der Waals surface area contributed by atoms with E-state index < -0.39 is 12.6 Å². The Morgan fingerprint density at radius 1 is 1.23 bits per heavy atom. The molecule has 0 amide bonds. The summed E-state index contributed by atoms with van der Waals surface area (Å²) in [6, 6.07) is 1.26. The van der Waals surface area contributed by atoms with E-state index in [9.17, 15) is 13.2 Å². The topological polar surface area (TPSA) is 51.8 Å². The van der Waals surface area contributed by atoms with Crippen LogP contribution in [0.4, 0.5) is 13.2 Å². The average molecular weight is 191 g/mol. The van der Waals surface area contributed by atoms with Crippen molar-refractivity contribution >= 4 is 0 Å². The predicted molar refractivity (Wildman–Crippen MR) is 39.7 cm³/mol. The van der Waals surface area contributed by atoms with Crippen LogP contribution in [-0.2, 0) is 13.0 Å². The second-order valence-electron chi connectivity index (χ2n) is 2.50. The van der Waals surface area contributed by atoms with Gasteiger partial charge in [-0.2, -0.15) is 13.2 Å². The standard InChI is InChI=1S/C7H8F3N3/c8-7(9,10)2-5-1-6(3-11)13-4-12-5/h1,4H,2-3,11H2. The van der Waals surface area contributed by atoms with Gasteiger partial charge in [0, 0.05) is 6.54 Å². The minimum atomic E-state index is -4.24. The Hall–Kier alpha value is -1.17. The molecule has 1 heterocycles. The Balaban J connectivity index is 2.78. The molecule has 0 aliphatic carbocycles. The van der Waals surface area contributed by atoms with Crippen LogP contribution in [0.2, 0.25) is 0 Å². The summed E-state index contributed by atoms with van der Waals surface area (Å²) < 4.78 is 35.7. The highest BCUT2D eigenvalue weighted by molar-refractivity contribution is 5.08. The molecule has 0 spiro atoms. The van der Waals surface area contributed by atoms with E-state index in [0.29, 0.717) is 5.69 Å². The first-order chi connectivity index (χ1) is 6.01. The molecule has 0 unspecified atom stereocenters. The maximum absolute atomic E-state index is 11.9. The van der Waals surface area contributed by atoms with Crippen LogP contribution in [0.25, 0.3) is 0 Å². The molecule has 1 aromatic heterocycles. The summed E-state index contributed by atoms with van der Waals surface area (Å²) in [7, 11) is 0. The van der Waals surface area contributed by atoms with Crippen molar-refractivity contribution in [2.24, 2.45) is 5.73 Å². The number of hydrogen-bond donors (Lipinski definition) is 1. The lowest BCUT2D eigenvalue weighted by Gasteiger charge is -2.05. The maximum Gasteiger partial charge on any atom is 0.394 e. The average Bonchev–Trinajstić information content (AvgIpc) is 2.01. The number of hydrogen-bond acceptors (Lipinski definition) is 3. The SMILES string of the molecule is NCc1cc(CC(F)(F)F)ncn1. The van der Waals surface area contributed by atoms with Gasteiger partial charge >= 0.3 is 6.18 Å². The quantitative estimate of drug-likeness (QED) is 0.759. The molecule has 1 rings (SSSR count). The summed E-state index contributed by atoms with van der Waals surface area (Å²) in [4.78, 5) is 7.17. The largest absolute Gasteiger partial charge is 0.394 e. The fraction of sp³-hybridized carbons (Fsp3) is 0.429. The lowest BCUT2D eigenvalue weighted by molar-refractivity contribution is -0.127. The van der Waals surface area contributed by atoms with Gasteiger partial charge in [-0.05, 0) is 6.07 Å². The third-order valence-electron chi connectivity index (χ3n) is 1.37. The third kappa shape index (κ3) is 3.37. The van der Waals surface area contributed by atoms with Crippen molar-refractivity contribution in [3.05, 3.63) is 23.8 Å². The molecule has 0 radical (unpaired) electrons. The molecule has 0 bridgehead atoms. The van der Waals surface area contributed by atoms with Crippen LogP contribution in [-0.4, -0.2) is 16.1 Å². The van der Waals surface area contributed by atoms with E-state index in [4.69, 9.17) is 5.73 Å². The van der Waals surface area contributed by atoms with Gasteiger partial charge in [-0.3, -0.25) is 0 Å². The molecule has 0 saturated heterocycles. The molecule has 0 aromatic carbocycles. The maximum atomic E-state index is 11.9. The van der Waals surface area contributed by atoms with Crippen LogP contribution in [0, 0.1) is 0 Å². The summed E-state index contributed by atoms with van der Waals surface area (Å²) in [6.45, 7) is 0.118. The Morgan fingerprint density at radius 2 is 1.85 bits per heavy atom. The monoisotopic (exact) mass is 191 g/mol. The van der Waals surface area contributed by atoms with Crippen molar-refractivity contribution in [1.82, 2.24) is 9.97 Å². The van der Waals surface area contributed by atoms with Gasteiger partial charge in [0.2, 0.25) is 0 Å². The van der Waals surface area contributed by atoms with Crippen LogP contribution in [0.3, 0.4) is 0 Å². The summed E-state index contributed by atoms with van der Waals surface area (Å²) in [5.74, 6) is 0. The van der Waals surface area contributed by atoms with Gasteiger partial charge in [-0.15, -0.1) is 0 Å². The molecule has 0 saturated carbocycles. The molecule has 13 heavy (non-hydrogen) atoms. The molecule has 72 valence electrons. The Kier molecular flexibility index (Phi) is 2.82. The zero-order valence-corrected chi connectivity index (χ0v) is 6.67. The fourth-order valence-corrected chi connectivity index (χ4v) is 0.858. The van der Waals surface area contributed by atoms with E-state index in [1.54, 1.807) is 0 Å². The van der Waals surface area contributed by atoms with Crippen molar-refractivity contribution in [1.29, 1.82) is 0 Å². The molecule has 3 nitrogen and oxygen atoms in total. The van der Waals surface area contributed by atoms with Crippen LogP contribution >= 0.6 is 0 Å². The van der Waals surface area contributed by atoms with Crippen molar-refractivity contribution in [3.8, 4) is 0 Å². The second-order valence-corrected chi connectivity index (χ2v) is 2.50. The number of aromatic nitrogens is 2. The van der Waals surface area contributed by atoms with Crippen molar-refractivity contribution in [2.75, 3.05) is 0 Å². The minimum Gasteiger partial charge on any atom is -0.325 e. The van der Waals surface area contributed by atoms with E-state index in [0.717, 1.165) is 6.33 Å². The second kappa shape index (κ2) is 3.69. The molecular weight excluding hydrogens is 183 g/mol. The van der Waals surface area contributed by atoms with Gasteiger partial charge < -0.3 is 5.73 Å². The van der Waals surface area contributed by atoms with Crippen LogP contribution in [0.15, 0.2) is 12.4 Å². The Morgan fingerprint density at radius 3 is 2.38 bits per heavy atom. The highest BCUT2D eigenvalue weighted by Gasteiger charge is 2.28. The van der Waals surface area contributed by atoms with E-state index >= 15 is 0 Å². The van der Waals surface area contributed by atoms with Crippen molar-refractivity contribution in [2.45, 2.75) is 19.1 Å². The van der Waals surface area contributed by atoms with E-state index in [-0.39, 0.29) is 12.2 Å². The third-order valence-corrected chi connectivity index (χ3v) is 1.37. The number of alkyl halides is 3. The summed E-state index contributed by atoms with van der Waals surface area (Å²) in [5, 5.41) is 0. The van der Waals surface area contributed by atoms with Crippen molar-refractivity contribution in [3.63, 3.8) is 0 Å². The predicted octanol–water partition coefficient (Wildman–Crippen LogP) is 1.04. The Labute approximate surface area is 72.8 Å². The summed E-state index contributed by atoms with van der Waals surface area (Å²) in [5.41, 5.74) is 5.57. The number of nitrogens with zero attached hydrogens (tertiary/aromatic N) is 2. The van der Waals surface area contributed by atoms with Gasteiger partial charge in [0.25, 0.3) is 0 Å². The molecular formula is C7H8F3N3. The van der Waals surface area contributed by atoms with Crippen LogP contribution in [0.1, 0.15) is 11.4 Å². The highest BCUT2D eigenvalue weighted by Crippen LogP contribution is 2.19. The fourth-order valence-electron chi connectivity index (χ4n) is 0.858. The van der Waals surface area contributed by atoms with Gasteiger partial charge in [0.15, 0.2) is 0 Å². The lowest BCUT2D eigenvalue weighted by Crippen LogP contribution is -2.13. The molecule has 0 fully saturated rings. The first-order valence-electron chi connectivity index (χ1n) is 3.58. The summed E-state index contributed by atoms with van der Waals surface area (Å²) in [6.07, 6.45) is -4.19. The molecule has 1 aromatic rings. The number of halogens is 3. The molecule has 2 N–H and O–H groups in total. The summed E-state index contributed by atoms with van der Waals surface area (Å²) >= 11 is 0. The smallest absolute Gasteiger partial charge is 0.325 e. The van der Waals surface area contributed by atoms with Crippen LogP contribution < -0.4 is 5.73 Å². The molecule has 6 heteroatoms. The van der Waals surface area contributed by atoms with E-state index in [1.165, 1.54) is 6.07 Å². The lowest BCUT2D eigenvalue weighted by atomic mass is 10.2. The zero-order chi connectivity index (χ0) is 9.90. The first-order valence-corrected chi connectivity index (χ1v) is 3.58. The number of nitrogens with two attached hydrogens (primary N) is 1. The van der Waals surface area contributed by atoms with Crippen LogP contribution in [0.5, 0.6) is 0 Å². The van der Waals surface area contributed by atoms with E-state index in [2.05, 4.69) is 9.97 Å². The molecule has 0 atom stereocenters. The van der Waals surface area contributed by atoms with Gasteiger partial charge in [-0.25, -0.2) is 9.97 Å². The van der Waals surface area contributed by atoms with Crippen molar-refractivity contribution < 1.29 is 13.2 Å². The highest BCUT2D eigenvalue weighted by atomic mass is 19.4. The molecule has 0 aliphatic rings.